The van der Waals surface area contributed by atoms with Crippen LogP contribution in [0, 0.1) is 0 Å². The van der Waals surface area contributed by atoms with Crippen molar-refractivity contribution < 1.29 is 29.4 Å². The van der Waals surface area contributed by atoms with Gasteiger partial charge in [-0.2, -0.15) is 0 Å². The first-order chi connectivity index (χ1) is 24.6. The maximum absolute atomic E-state index is 14.5. The van der Waals surface area contributed by atoms with Crippen LogP contribution in [-0.4, -0.2) is 114 Å². The van der Waals surface area contributed by atoms with Crippen LogP contribution in [0.1, 0.15) is 27.0 Å². The van der Waals surface area contributed by atoms with Crippen LogP contribution in [-0.2, 0) is 36.1 Å². The van der Waals surface area contributed by atoms with Crippen molar-refractivity contribution in [3.05, 3.63) is 114 Å². The molecule has 3 aliphatic rings. The molecule has 3 aliphatic heterocycles. The average Bonchev–Trinajstić information content (AvgIpc) is 3.45. The lowest BCUT2D eigenvalue weighted by Crippen LogP contribution is -2.76. The highest BCUT2D eigenvalue weighted by Crippen LogP contribution is 2.32. The van der Waals surface area contributed by atoms with Crippen molar-refractivity contribution in [3.8, 4) is 5.75 Å². The van der Waals surface area contributed by atoms with Gasteiger partial charge in [-0.25, -0.2) is 14.8 Å². The number of nitrogens with zero attached hydrogens (tertiary/aromatic N) is 6. The van der Waals surface area contributed by atoms with E-state index in [1.807, 2.05) is 60.1 Å². The molecule has 51 heavy (non-hydrogen) atoms. The number of hydrogen-bond donors (Lipinski definition) is 3. The molecule has 0 saturated carbocycles. The molecular formula is C38H41N7O6. The standard InChI is InChI=1S/C38H41N7O6/c1-3-16-43-24-34(48)44-32(17-25-12-14-28(46)15-13-25)37(50)41(23-33(44)45(43)38(51)39-18-26-8-5-4-6-9-26)19-27-10-7-11-30-31(22-40(2)35(27)30)36(49)42-20-29(47)21-42/h3-15,22,29,32-33,46-47H,1,16-21,23-24H2,2H3,(H,39,51)/t32-,33-/m0/s1. The summed E-state index contributed by atoms with van der Waals surface area (Å²) in [6.07, 6.45) is 2.24. The monoisotopic (exact) mass is 691 g/mol. The van der Waals surface area contributed by atoms with E-state index >= 15 is 0 Å². The Morgan fingerprint density at radius 3 is 2.41 bits per heavy atom. The summed E-state index contributed by atoms with van der Waals surface area (Å²) in [6.45, 7) is 5.02. The highest BCUT2D eigenvalue weighted by atomic mass is 16.3. The third-order valence-electron chi connectivity index (χ3n) is 9.86. The number of likely N-dealkylation sites (tertiary alicyclic amines) is 1. The number of piperazine rings is 1. The highest BCUT2D eigenvalue weighted by Gasteiger charge is 2.51. The Balaban J connectivity index is 1.24. The highest BCUT2D eigenvalue weighted by molar-refractivity contribution is 6.08. The number of benzene rings is 3. The number of aromatic hydroxyl groups is 1. The van der Waals surface area contributed by atoms with Gasteiger partial charge in [0.1, 0.15) is 18.0 Å². The van der Waals surface area contributed by atoms with E-state index in [0.717, 1.165) is 27.6 Å². The second kappa shape index (κ2) is 13.9. The first kappa shape index (κ1) is 33.8. The number of urea groups is 1. The molecular weight excluding hydrogens is 650 g/mol. The van der Waals surface area contributed by atoms with Gasteiger partial charge in [0.25, 0.3) is 5.91 Å². The van der Waals surface area contributed by atoms with Gasteiger partial charge in [0.05, 0.1) is 30.3 Å². The number of β-amino-alcohol motifs (C(OH)–C–C–N with tert-alkyl or cyclic N) is 1. The molecule has 13 nitrogen and oxygen atoms in total. The molecule has 0 bridgehead atoms. The summed E-state index contributed by atoms with van der Waals surface area (Å²) in [6, 6.07) is 20.4. The molecule has 7 rings (SSSR count). The SMILES string of the molecule is C=CCN1CC(=O)N2[C@@H](Cc3ccc(O)cc3)C(=O)N(Cc3cccc4c(C(=O)N5CC(O)C5)cn(C)c34)C[C@@H]2N1C(=O)NCc1ccccc1. The van der Waals surface area contributed by atoms with Crippen LogP contribution in [0.25, 0.3) is 10.9 Å². The van der Waals surface area contributed by atoms with E-state index in [1.54, 1.807) is 51.3 Å². The molecule has 3 aromatic carbocycles. The Hall–Kier alpha value is -5.66. The molecule has 5 amide bonds. The molecule has 4 heterocycles. The van der Waals surface area contributed by atoms with Gasteiger partial charge in [0, 0.05) is 57.8 Å². The van der Waals surface area contributed by atoms with E-state index in [0.29, 0.717) is 5.56 Å². The lowest BCUT2D eigenvalue weighted by atomic mass is 9.98. The topological polar surface area (TPSA) is 142 Å². The second-order valence-electron chi connectivity index (χ2n) is 13.3. The minimum atomic E-state index is -0.932. The fourth-order valence-electron chi connectivity index (χ4n) is 7.40. The predicted octanol–water partition coefficient (Wildman–Crippen LogP) is 2.44. The number of amides is 5. The third-order valence-corrected chi connectivity index (χ3v) is 9.86. The second-order valence-corrected chi connectivity index (χ2v) is 13.3. The van der Waals surface area contributed by atoms with Gasteiger partial charge < -0.3 is 34.8 Å². The number of phenolic OH excluding ortho intramolecular Hbond substituents is 1. The Kier molecular flexibility index (Phi) is 9.23. The molecule has 0 aliphatic carbocycles. The van der Waals surface area contributed by atoms with Crippen LogP contribution in [0.15, 0.2) is 91.6 Å². The number of aromatic nitrogens is 1. The maximum Gasteiger partial charge on any atom is 0.334 e. The normalized spacial score (nSPS) is 19.6. The number of aliphatic hydroxyl groups is 1. The number of aliphatic hydroxyl groups excluding tert-OH is 1. The summed E-state index contributed by atoms with van der Waals surface area (Å²) in [4.78, 5) is 60.7. The zero-order valence-electron chi connectivity index (χ0n) is 28.4. The van der Waals surface area contributed by atoms with Crippen molar-refractivity contribution in [2.45, 2.75) is 37.8 Å². The summed E-state index contributed by atoms with van der Waals surface area (Å²) in [5, 5.41) is 26.6. The number of carbonyl (C=O) groups excluding carboxylic acids is 4. The van der Waals surface area contributed by atoms with E-state index in [-0.39, 0.29) is 75.7 Å². The molecule has 3 N–H and O–H groups in total. The molecule has 264 valence electrons. The minimum absolute atomic E-state index is 0.0430. The van der Waals surface area contributed by atoms with Crippen molar-refractivity contribution in [1.29, 1.82) is 0 Å². The minimum Gasteiger partial charge on any atom is -0.508 e. The molecule has 2 atom stereocenters. The molecule has 1 aromatic heterocycles. The van der Waals surface area contributed by atoms with Crippen molar-refractivity contribution >= 4 is 34.7 Å². The lowest BCUT2D eigenvalue weighted by molar-refractivity contribution is -0.189. The van der Waals surface area contributed by atoms with E-state index in [2.05, 4.69) is 11.9 Å². The van der Waals surface area contributed by atoms with Gasteiger partial charge in [0.2, 0.25) is 11.8 Å². The summed E-state index contributed by atoms with van der Waals surface area (Å²) < 4.78 is 1.88. The van der Waals surface area contributed by atoms with Gasteiger partial charge in [0.15, 0.2) is 0 Å². The molecule has 0 unspecified atom stereocenters. The summed E-state index contributed by atoms with van der Waals surface area (Å²) in [5.41, 5.74) is 3.76. The number of phenols is 1. The van der Waals surface area contributed by atoms with Crippen molar-refractivity contribution in [2.24, 2.45) is 7.05 Å². The number of hydrogen-bond acceptors (Lipinski definition) is 7. The number of rotatable bonds is 9. The van der Waals surface area contributed by atoms with Crippen LogP contribution >= 0.6 is 0 Å². The number of para-hydroxylation sites is 1. The number of fused-ring (bicyclic) bond motifs is 2. The largest absolute Gasteiger partial charge is 0.508 e. The van der Waals surface area contributed by atoms with E-state index in [9.17, 15) is 29.4 Å². The summed E-state index contributed by atoms with van der Waals surface area (Å²) >= 11 is 0. The van der Waals surface area contributed by atoms with E-state index in [1.165, 1.54) is 9.91 Å². The first-order valence-electron chi connectivity index (χ1n) is 17.0. The van der Waals surface area contributed by atoms with Crippen LogP contribution in [0.5, 0.6) is 5.75 Å². The zero-order chi connectivity index (χ0) is 35.8. The van der Waals surface area contributed by atoms with Gasteiger partial charge in [-0.05, 0) is 28.8 Å². The Morgan fingerprint density at radius 2 is 1.71 bits per heavy atom. The van der Waals surface area contributed by atoms with Crippen LogP contribution < -0.4 is 5.32 Å². The van der Waals surface area contributed by atoms with E-state index < -0.39 is 24.3 Å². The van der Waals surface area contributed by atoms with Crippen LogP contribution in [0.2, 0.25) is 0 Å². The number of aryl methyl sites for hydroxylation is 1. The molecule has 4 aromatic rings. The predicted molar refractivity (Wildman–Crippen MR) is 189 cm³/mol. The fourth-order valence-corrected chi connectivity index (χ4v) is 7.40. The van der Waals surface area contributed by atoms with Crippen molar-refractivity contribution in [1.82, 2.24) is 34.6 Å². The fraction of sp³-hybridized carbons (Fsp3) is 0.316. The first-order valence-corrected chi connectivity index (χ1v) is 17.0. The smallest absolute Gasteiger partial charge is 0.334 e. The number of carbonyl (C=O) groups is 4. The summed E-state index contributed by atoms with van der Waals surface area (Å²) in [7, 11) is 1.85. The zero-order valence-corrected chi connectivity index (χ0v) is 28.4. The molecule has 3 fully saturated rings. The third kappa shape index (κ3) is 6.53. The molecule has 0 radical (unpaired) electrons. The Morgan fingerprint density at radius 1 is 0.961 bits per heavy atom. The number of hydrazine groups is 1. The number of nitrogens with one attached hydrogen (secondary N) is 1. The van der Waals surface area contributed by atoms with Gasteiger partial charge in [-0.3, -0.25) is 14.4 Å². The van der Waals surface area contributed by atoms with Gasteiger partial charge >= 0.3 is 6.03 Å². The Labute approximate surface area is 295 Å². The van der Waals surface area contributed by atoms with Crippen molar-refractivity contribution in [2.75, 3.05) is 32.7 Å². The lowest BCUT2D eigenvalue weighted by Gasteiger charge is -2.55. The molecule has 0 spiro atoms. The van der Waals surface area contributed by atoms with E-state index in [4.69, 9.17) is 0 Å². The van der Waals surface area contributed by atoms with Gasteiger partial charge in [-0.1, -0.05) is 66.7 Å². The van der Waals surface area contributed by atoms with Crippen LogP contribution in [0.3, 0.4) is 0 Å². The quantitative estimate of drug-likeness (QED) is 0.229. The molecule has 13 heteroatoms. The average molecular weight is 692 g/mol. The Bertz CT molecular complexity index is 1970. The maximum atomic E-state index is 14.5. The van der Waals surface area contributed by atoms with Crippen LogP contribution in [0.4, 0.5) is 4.79 Å². The summed E-state index contributed by atoms with van der Waals surface area (Å²) in [5.74, 6) is -0.634. The van der Waals surface area contributed by atoms with Crippen molar-refractivity contribution in [3.63, 3.8) is 0 Å². The van der Waals surface area contributed by atoms with Gasteiger partial charge in [-0.15, -0.1) is 6.58 Å². The molecule has 3 saturated heterocycles.